The summed E-state index contributed by atoms with van der Waals surface area (Å²) >= 11 is 6.98. The van der Waals surface area contributed by atoms with Crippen LogP contribution in [-0.2, 0) is 0 Å². The van der Waals surface area contributed by atoms with Gasteiger partial charge in [0, 0.05) is 35.1 Å². The number of nitrogens with one attached hydrogen (secondary N) is 1. The van der Waals surface area contributed by atoms with Crippen molar-refractivity contribution in [1.29, 1.82) is 0 Å². The number of hydrogen-bond acceptors (Lipinski definition) is 3. The maximum absolute atomic E-state index is 9.62. The van der Waals surface area contributed by atoms with Crippen molar-refractivity contribution in [2.24, 2.45) is 0 Å². The first-order valence-corrected chi connectivity index (χ1v) is 7.31. The van der Waals surface area contributed by atoms with Crippen LogP contribution in [0, 0.1) is 0 Å². The smallest absolute Gasteiger partial charge is 0.0628 e. The SMILES string of the molecule is OC[C@@H](c1cc(Br)cc(Br)c1)N1CCNCC1. The molecule has 1 fully saturated rings. The van der Waals surface area contributed by atoms with E-state index in [4.69, 9.17) is 0 Å². The standard InChI is InChI=1S/C12H16Br2N2O/c13-10-5-9(6-11(14)7-10)12(8-17)16-3-1-15-2-4-16/h5-7,12,15,17H,1-4,8H2/t12-/m0/s1. The van der Waals surface area contributed by atoms with Crippen LogP contribution in [0.15, 0.2) is 27.1 Å². The van der Waals surface area contributed by atoms with Gasteiger partial charge in [0.25, 0.3) is 0 Å². The summed E-state index contributed by atoms with van der Waals surface area (Å²) in [6.07, 6.45) is 0. The monoisotopic (exact) mass is 362 g/mol. The number of aliphatic hydroxyl groups is 1. The Morgan fingerprint density at radius 2 is 1.76 bits per heavy atom. The second kappa shape index (κ2) is 6.29. The molecule has 0 aliphatic carbocycles. The minimum absolute atomic E-state index is 0.0888. The van der Waals surface area contributed by atoms with E-state index in [0.29, 0.717) is 0 Å². The molecular weight excluding hydrogens is 348 g/mol. The van der Waals surface area contributed by atoms with Crippen LogP contribution in [-0.4, -0.2) is 42.8 Å². The molecular formula is C12H16Br2N2O. The van der Waals surface area contributed by atoms with Crippen LogP contribution in [0.5, 0.6) is 0 Å². The molecule has 0 spiro atoms. The molecule has 3 nitrogen and oxygen atoms in total. The van der Waals surface area contributed by atoms with Crippen molar-refractivity contribution in [3.8, 4) is 0 Å². The van der Waals surface area contributed by atoms with E-state index in [2.05, 4.69) is 54.2 Å². The molecule has 1 atom stereocenters. The van der Waals surface area contributed by atoms with E-state index in [0.717, 1.165) is 40.7 Å². The van der Waals surface area contributed by atoms with Gasteiger partial charge in [-0.25, -0.2) is 0 Å². The quantitative estimate of drug-likeness (QED) is 0.863. The number of halogens is 2. The normalized spacial score (nSPS) is 19.2. The average molecular weight is 364 g/mol. The van der Waals surface area contributed by atoms with Gasteiger partial charge in [-0.05, 0) is 23.8 Å². The van der Waals surface area contributed by atoms with Crippen LogP contribution >= 0.6 is 31.9 Å². The molecule has 1 saturated heterocycles. The Morgan fingerprint density at radius 1 is 1.18 bits per heavy atom. The Morgan fingerprint density at radius 3 is 2.29 bits per heavy atom. The lowest BCUT2D eigenvalue weighted by Crippen LogP contribution is -2.46. The molecule has 5 heteroatoms. The minimum atomic E-state index is 0.0888. The molecule has 0 radical (unpaired) electrons. The van der Waals surface area contributed by atoms with Crippen molar-refractivity contribution in [3.63, 3.8) is 0 Å². The lowest BCUT2D eigenvalue weighted by Gasteiger charge is -2.34. The van der Waals surface area contributed by atoms with Gasteiger partial charge in [-0.15, -0.1) is 0 Å². The van der Waals surface area contributed by atoms with Crippen LogP contribution in [0.4, 0.5) is 0 Å². The van der Waals surface area contributed by atoms with E-state index < -0.39 is 0 Å². The maximum atomic E-state index is 9.62. The van der Waals surface area contributed by atoms with Gasteiger partial charge >= 0.3 is 0 Å². The summed E-state index contributed by atoms with van der Waals surface area (Å²) in [5, 5.41) is 12.9. The van der Waals surface area contributed by atoms with E-state index in [1.807, 2.05) is 6.07 Å². The molecule has 0 bridgehead atoms. The van der Waals surface area contributed by atoms with Gasteiger partial charge in [0.15, 0.2) is 0 Å². The van der Waals surface area contributed by atoms with Crippen molar-refractivity contribution >= 4 is 31.9 Å². The second-order valence-electron chi connectivity index (χ2n) is 4.19. The third-order valence-corrected chi connectivity index (χ3v) is 3.95. The van der Waals surface area contributed by atoms with Gasteiger partial charge in [0.2, 0.25) is 0 Å². The summed E-state index contributed by atoms with van der Waals surface area (Å²) in [4.78, 5) is 2.32. The first-order valence-electron chi connectivity index (χ1n) is 5.72. The number of benzene rings is 1. The summed E-state index contributed by atoms with van der Waals surface area (Å²) in [5.41, 5.74) is 1.15. The molecule has 0 saturated carbocycles. The molecule has 94 valence electrons. The molecule has 1 aromatic rings. The zero-order valence-corrected chi connectivity index (χ0v) is 12.7. The van der Waals surface area contributed by atoms with Gasteiger partial charge in [-0.1, -0.05) is 31.9 Å². The number of piperazine rings is 1. The van der Waals surface area contributed by atoms with Gasteiger partial charge in [-0.3, -0.25) is 4.90 Å². The molecule has 17 heavy (non-hydrogen) atoms. The molecule has 1 heterocycles. The van der Waals surface area contributed by atoms with E-state index in [-0.39, 0.29) is 12.6 Å². The number of hydrogen-bond donors (Lipinski definition) is 2. The van der Waals surface area contributed by atoms with Crippen molar-refractivity contribution in [2.75, 3.05) is 32.8 Å². The first kappa shape index (κ1) is 13.5. The second-order valence-corrected chi connectivity index (χ2v) is 6.02. The van der Waals surface area contributed by atoms with Crippen molar-refractivity contribution in [1.82, 2.24) is 10.2 Å². The highest BCUT2D eigenvalue weighted by Crippen LogP contribution is 2.27. The lowest BCUT2D eigenvalue weighted by atomic mass is 10.1. The zero-order chi connectivity index (χ0) is 12.3. The molecule has 1 aliphatic heterocycles. The number of rotatable bonds is 3. The fourth-order valence-corrected chi connectivity index (χ4v) is 3.52. The minimum Gasteiger partial charge on any atom is -0.394 e. The Labute approximate surface area is 118 Å². The molecule has 2 rings (SSSR count). The third-order valence-electron chi connectivity index (χ3n) is 3.03. The molecule has 1 aromatic carbocycles. The highest BCUT2D eigenvalue weighted by molar-refractivity contribution is 9.11. The van der Waals surface area contributed by atoms with Crippen LogP contribution in [0.2, 0.25) is 0 Å². The van der Waals surface area contributed by atoms with Crippen LogP contribution in [0.1, 0.15) is 11.6 Å². The topological polar surface area (TPSA) is 35.5 Å². The predicted molar refractivity (Wildman–Crippen MR) is 76.1 cm³/mol. The number of nitrogens with zero attached hydrogens (tertiary/aromatic N) is 1. The van der Waals surface area contributed by atoms with E-state index in [1.54, 1.807) is 0 Å². The Kier molecular flexibility index (Phi) is 4.99. The van der Waals surface area contributed by atoms with Crippen molar-refractivity contribution in [3.05, 3.63) is 32.7 Å². The summed E-state index contributed by atoms with van der Waals surface area (Å²) in [5.74, 6) is 0. The molecule has 0 amide bonds. The van der Waals surface area contributed by atoms with Crippen molar-refractivity contribution < 1.29 is 5.11 Å². The highest BCUT2D eigenvalue weighted by atomic mass is 79.9. The lowest BCUT2D eigenvalue weighted by molar-refractivity contribution is 0.111. The third kappa shape index (κ3) is 3.51. The summed E-state index contributed by atoms with van der Waals surface area (Å²) in [6, 6.07) is 6.25. The predicted octanol–water partition coefficient (Wildman–Crippen LogP) is 2.15. The summed E-state index contributed by atoms with van der Waals surface area (Å²) in [6.45, 7) is 4.10. The molecule has 1 aliphatic rings. The molecule has 0 aromatic heterocycles. The van der Waals surface area contributed by atoms with Gasteiger partial charge < -0.3 is 10.4 Å². The van der Waals surface area contributed by atoms with Crippen LogP contribution < -0.4 is 5.32 Å². The highest BCUT2D eigenvalue weighted by Gasteiger charge is 2.21. The van der Waals surface area contributed by atoms with Gasteiger partial charge in [0.1, 0.15) is 0 Å². The zero-order valence-electron chi connectivity index (χ0n) is 9.50. The fraction of sp³-hybridized carbons (Fsp3) is 0.500. The first-order chi connectivity index (χ1) is 8.20. The average Bonchev–Trinajstić information content (AvgIpc) is 2.30. The molecule has 0 unspecified atom stereocenters. The van der Waals surface area contributed by atoms with Gasteiger partial charge in [0.05, 0.1) is 12.6 Å². The van der Waals surface area contributed by atoms with Gasteiger partial charge in [-0.2, -0.15) is 0 Å². The van der Waals surface area contributed by atoms with E-state index in [1.165, 1.54) is 0 Å². The summed E-state index contributed by atoms with van der Waals surface area (Å²) < 4.78 is 2.07. The summed E-state index contributed by atoms with van der Waals surface area (Å²) in [7, 11) is 0. The Hall–Kier alpha value is 0.0600. The fourth-order valence-electron chi connectivity index (χ4n) is 2.19. The van der Waals surface area contributed by atoms with Crippen LogP contribution in [0.3, 0.4) is 0 Å². The maximum Gasteiger partial charge on any atom is 0.0628 e. The Bertz CT molecular complexity index is 361. The molecule has 2 N–H and O–H groups in total. The van der Waals surface area contributed by atoms with Crippen LogP contribution in [0.25, 0.3) is 0 Å². The van der Waals surface area contributed by atoms with E-state index >= 15 is 0 Å². The van der Waals surface area contributed by atoms with Crippen molar-refractivity contribution in [2.45, 2.75) is 6.04 Å². The largest absolute Gasteiger partial charge is 0.394 e. The van der Waals surface area contributed by atoms with E-state index in [9.17, 15) is 5.11 Å². The Balaban J connectivity index is 2.21. The number of aliphatic hydroxyl groups excluding tert-OH is 1.